The monoisotopic (exact) mass is 472 g/mol. The van der Waals surface area contributed by atoms with Gasteiger partial charge in [-0.05, 0) is 30.7 Å². The average Bonchev–Trinajstić information content (AvgIpc) is 3.12. The first-order valence-corrected chi connectivity index (χ1v) is 12.1. The van der Waals surface area contributed by atoms with Crippen LogP contribution in [0.5, 0.6) is 0 Å². The quantitative estimate of drug-likeness (QED) is 0.488. The van der Waals surface area contributed by atoms with Crippen molar-refractivity contribution in [3.8, 4) is 11.1 Å². The van der Waals surface area contributed by atoms with Crippen molar-refractivity contribution in [1.29, 1.82) is 0 Å². The number of hydrogen-bond donors (Lipinski definition) is 1. The van der Waals surface area contributed by atoms with Gasteiger partial charge in [0.1, 0.15) is 0 Å². The summed E-state index contributed by atoms with van der Waals surface area (Å²) in [5.74, 6) is -0.790. The van der Waals surface area contributed by atoms with Gasteiger partial charge in [-0.1, -0.05) is 61.7 Å². The minimum Gasteiger partial charge on any atom is -0.395 e. The lowest BCUT2D eigenvalue weighted by Gasteiger charge is -2.27. The molecule has 172 valence electrons. The molecule has 1 aliphatic heterocycles. The molecule has 2 heterocycles. The van der Waals surface area contributed by atoms with Gasteiger partial charge in [-0.3, -0.25) is 18.7 Å². The van der Waals surface area contributed by atoms with E-state index in [2.05, 4.69) is 13.2 Å². The van der Waals surface area contributed by atoms with Crippen LogP contribution in [0.3, 0.4) is 0 Å². The van der Waals surface area contributed by atoms with Gasteiger partial charge < -0.3 is 5.11 Å². The molecule has 1 aromatic heterocycles. The van der Waals surface area contributed by atoms with Crippen LogP contribution in [0.25, 0.3) is 23.3 Å². The molecule has 1 aliphatic rings. The van der Waals surface area contributed by atoms with Gasteiger partial charge >= 0.3 is 0 Å². The molecule has 6 nitrogen and oxygen atoms in total. The molecular weight excluding hydrogens is 448 g/mol. The fraction of sp³-hybridized carbons (Fsp3) is 0.148. The Labute approximate surface area is 200 Å². The Bertz CT molecular complexity index is 1300. The highest BCUT2D eigenvalue weighted by molar-refractivity contribution is 7.85. The number of rotatable bonds is 8. The molecular formula is C27H24N2O4S. The Balaban J connectivity index is 2.01. The smallest absolute Gasteiger partial charge is 0.262 e. The van der Waals surface area contributed by atoms with Crippen molar-refractivity contribution in [3.05, 3.63) is 95.8 Å². The van der Waals surface area contributed by atoms with Crippen molar-refractivity contribution in [1.82, 2.24) is 9.88 Å². The number of aliphatic hydroxyl groups excluding tert-OH is 1. The summed E-state index contributed by atoms with van der Waals surface area (Å²) in [7, 11) is -1.60. The van der Waals surface area contributed by atoms with Crippen LogP contribution in [0.4, 0.5) is 0 Å². The maximum atomic E-state index is 13.4. The molecule has 0 radical (unpaired) electrons. The lowest BCUT2D eigenvalue weighted by atomic mass is 9.96. The van der Waals surface area contributed by atoms with Crippen LogP contribution in [-0.4, -0.2) is 43.4 Å². The molecule has 0 bridgehead atoms. The average molecular weight is 473 g/mol. The summed E-state index contributed by atoms with van der Waals surface area (Å²) in [6.07, 6.45) is 3.10. The van der Waals surface area contributed by atoms with E-state index in [4.69, 9.17) is 4.98 Å². The van der Waals surface area contributed by atoms with Crippen LogP contribution in [0.2, 0.25) is 0 Å². The highest BCUT2D eigenvalue weighted by Gasteiger charge is 2.40. The Hall–Kier alpha value is -3.68. The van der Waals surface area contributed by atoms with E-state index in [0.29, 0.717) is 38.5 Å². The lowest BCUT2D eigenvalue weighted by Crippen LogP contribution is -2.33. The van der Waals surface area contributed by atoms with Crippen molar-refractivity contribution < 1.29 is 18.9 Å². The highest BCUT2D eigenvalue weighted by Crippen LogP contribution is 2.40. The largest absolute Gasteiger partial charge is 0.395 e. The Morgan fingerprint density at radius 3 is 2.12 bits per heavy atom. The summed E-state index contributed by atoms with van der Waals surface area (Å²) in [6, 6.07) is 15.2. The third kappa shape index (κ3) is 3.83. The van der Waals surface area contributed by atoms with Gasteiger partial charge in [0.2, 0.25) is 0 Å². The fourth-order valence-electron chi connectivity index (χ4n) is 4.26. The van der Waals surface area contributed by atoms with Gasteiger partial charge in [0.25, 0.3) is 11.8 Å². The predicted octanol–water partition coefficient (Wildman–Crippen LogP) is 4.49. The summed E-state index contributed by atoms with van der Waals surface area (Å²) >= 11 is 0. The molecule has 2 aromatic carbocycles. The van der Waals surface area contributed by atoms with Gasteiger partial charge in [-0.2, -0.15) is 0 Å². The number of benzene rings is 2. The van der Waals surface area contributed by atoms with E-state index >= 15 is 0 Å². The first-order chi connectivity index (χ1) is 16.4. The number of pyridine rings is 1. The maximum absolute atomic E-state index is 13.4. The van der Waals surface area contributed by atoms with Gasteiger partial charge in [0.05, 0.1) is 56.6 Å². The van der Waals surface area contributed by atoms with Crippen LogP contribution in [0, 0.1) is 0 Å². The third-order valence-corrected chi connectivity index (χ3v) is 7.25. The first kappa shape index (κ1) is 23.5. The summed E-state index contributed by atoms with van der Waals surface area (Å²) in [4.78, 5) is 32.9. The van der Waals surface area contributed by atoms with Crippen LogP contribution in [0.1, 0.15) is 50.6 Å². The molecule has 0 fully saturated rings. The number of nitrogens with zero attached hydrogens (tertiary/aromatic N) is 2. The molecule has 0 aliphatic carbocycles. The van der Waals surface area contributed by atoms with Crippen molar-refractivity contribution >= 4 is 34.8 Å². The number of aromatic nitrogens is 1. The van der Waals surface area contributed by atoms with Crippen LogP contribution < -0.4 is 0 Å². The first-order valence-electron chi connectivity index (χ1n) is 10.8. The molecule has 0 saturated heterocycles. The maximum Gasteiger partial charge on any atom is 0.262 e. The number of carbonyl (C=O) groups is 2. The molecule has 7 heteroatoms. The standard InChI is InChI=1S/C27H24N2O4S/c1-4-19-22(5-2)28-24(17(3)29-26(31)20-13-9-10-14-21(20)27(29)32)23(18-11-7-6-8-12-18)25(19)34(33)16-15-30/h4-14,17,30H,1-2,15-16H2,3H3. The molecule has 0 spiro atoms. The van der Waals surface area contributed by atoms with E-state index in [1.165, 1.54) is 11.0 Å². The summed E-state index contributed by atoms with van der Waals surface area (Å²) in [5, 5.41) is 9.52. The predicted molar refractivity (Wildman–Crippen MR) is 134 cm³/mol. The normalized spacial score (nSPS) is 14.6. The molecule has 2 atom stereocenters. The molecule has 4 rings (SSSR count). The molecule has 0 saturated carbocycles. The third-order valence-electron chi connectivity index (χ3n) is 5.82. The fourth-order valence-corrected chi connectivity index (χ4v) is 5.51. The van der Waals surface area contributed by atoms with Crippen LogP contribution >= 0.6 is 0 Å². The molecule has 3 aromatic rings. The minimum atomic E-state index is -1.60. The van der Waals surface area contributed by atoms with E-state index in [-0.39, 0.29) is 12.4 Å². The number of imide groups is 1. The van der Waals surface area contributed by atoms with Crippen molar-refractivity contribution in [3.63, 3.8) is 0 Å². The topological polar surface area (TPSA) is 87.6 Å². The molecule has 34 heavy (non-hydrogen) atoms. The molecule has 1 N–H and O–H groups in total. The molecule has 2 amide bonds. The van der Waals surface area contributed by atoms with Crippen molar-refractivity contribution in [2.45, 2.75) is 17.9 Å². The second-order valence-electron chi connectivity index (χ2n) is 7.75. The zero-order valence-corrected chi connectivity index (χ0v) is 19.5. The number of carbonyl (C=O) groups excluding carboxylic acids is 2. The van der Waals surface area contributed by atoms with E-state index in [1.807, 2.05) is 30.3 Å². The number of amides is 2. The Kier molecular flexibility index (Phi) is 6.68. The zero-order valence-electron chi connectivity index (χ0n) is 18.7. The van der Waals surface area contributed by atoms with E-state index < -0.39 is 28.7 Å². The summed E-state index contributed by atoms with van der Waals surface area (Å²) in [6.45, 7) is 9.18. The minimum absolute atomic E-state index is 0.0160. The number of fused-ring (bicyclic) bond motifs is 1. The highest BCUT2D eigenvalue weighted by atomic mass is 32.2. The van der Waals surface area contributed by atoms with Gasteiger partial charge in [0.15, 0.2) is 0 Å². The van der Waals surface area contributed by atoms with Gasteiger partial charge in [-0.25, -0.2) is 4.98 Å². The second kappa shape index (κ2) is 9.67. The zero-order chi connectivity index (χ0) is 24.4. The summed E-state index contributed by atoms with van der Waals surface area (Å²) in [5.41, 5.74) is 3.37. The van der Waals surface area contributed by atoms with Crippen LogP contribution in [0.15, 0.2) is 72.7 Å². The lowest BCUT2D eigenvalue weighted by molar-refractivity contribution is 0.0592. The van der Waals surface area contributed by atoms with Gasteiger partial charge in [0, 0.05) is 11.1 Å². The van der Waals surface area contributed by atoms with Crippen molar-refractivity contribution in [2.75, 3.05) is 12.4 Å². The van der Waals surface area contributed by atoms with E-state index in [9.17, 15) is 18.9 Å². The van der Waals surface area contributed by atoms with Crippen LogP contribution in [-0.2, 0) is 10.8 Å². The van der Waals surface area contributed by atoms with Gasteiger partial charge in [-0.15, -0.1) is 0 Å². The number of aliphatic hydroxyl groups is 1. The van der Waals surface area contributed by atoms with Crippen molar-refractivity contribution in [2.24, 2.45) is 0 Å². The number of hydrogen-bond acceptors (Lipinski definition) is 5. The van der Waals surface area contributed by atoms with E-state index in [0.717, 1.165) is 5.56 Å². The summed E-state index contributed by atoms with van der Waals surface area (Å²) < 4.78 is 13.4. The molecule has 2 unspecified atom stereocenters. The van der Waals surface area contributed by atoms with E-state index in [1.54, 1.807) is 37.3 Å². The second-order valence-corrected chi connectivity index (χ2v) is 9.26. The Morgan fingerprint density at radius 2 is 1.59 bits per heavy atom. The SMILES string of the molecule is C=Cc1nc(C(C)N2C(=O)c3ccccc3C2=O)c(-c2ccccc2)c(S(=O)CCO)c1C=C. The Morgan fingerprint density at radius 1 is 1.00 bits per heavy atom.